The fourth-order valence-corrected chi connectivity index (χ4v) is 0.834. The van der Waals surface area contributed by atoms with E-state index in [0.29, 0.717) is 32.7 Å². The molecule has 0 unspecified atom stereocenters. The monoisotopic (exact) mass is 218 g/mol. The number of carbonyl (C=O) groups is 2. The zero-order valence-corrected chi connectivity index (χ0v) is 9.17. The lowest BCUT2D eigenvalue weighted by Crippen LogP contribution is -2.30. The highest BCUT2D eigenvalue weighted by Gasteiger charge is 2.00. The number of hydrogen-bond acceptors (Lipinski definition) is 4. The van der Waals surface area contributed by atoms with Gasteiger partial charge in [-0.25, -0.2) is 9.59 Å². The first-order chi connectivity index (χ1) is 7.20. The van der Waals surface area contributed by atoms with Gasteiger partial charge in [0, 0.05) is 13.1 Å². The smallest absolute Gasteiger partial charge is 0.407 e. The summed E-state index contributed by atoms with van der Waals surface area (Å²) >= 11 is 0. The molecule has 0 saturated heterocycles. The van der Waals surface area contributed by atoms with Crippen molar-refractivity contribution in [3.05, 3.63) is 0 Å². The molecule has 0 atom stereocenters. The molecule has 6 heteroatoms. The summed E-state index contributed by atoms with van der Waals surface area (Å²) in [6.07, 6.45) is -0.236. The van der Waals surface area contributed by atoms with E-state index in [1.54, 1.807) is 13.8 Å². The largest absolute Gasteiger partial charge is 0.450 e. The third kappa shape index (κ3) is 8.86. The Kier molecular flexibility index (Phi) is 8.22. The molecule has 0 radical (unpaired) electrons. The molecule has 15 heavy (non-hydrogen) atoms. The Morgan fingerprint density at radius 1 is 0.933 bits per heavy atom. The standard InChI is InChI=1S/C9H18N2O4/c1-3-14-8(12)10-6-5-7-11-9(13)15-4-2/h3-7H2,1-2H3,(H,10,12)(H,11,13). The van der Waals surface area contributed by atoms with Gasteiger partial charge in [-0.15, -0.1) is 0 Å². The highest BCUT2D eigenvalue weighted by Crippen LogP contribution is 1.80. The van der Waals surface area contributed by atoms with Gasteiger partial charge in [0.2, 0.25) is 0 Å². The summed E-state index contributed by atoms with van der Waals surface area (Å²) in [5.41, 5.74) is 0. The van der Waals surface area contributed by atoms with Crippen molar-refractivity contribution in [2.24, 2.45) is 0 Å². The zero-order chi connectivity index (χ0) is 11.5. The number of alkyl carbamates (subject to hydrolysis) is 2. The van der Waals surface area contributed by atoms with Gasteiger partial charge in [0.25, 0.3) is 0 Å². The molecule has 0 aliphatic rings. The van der Waals surface area contributed by atoms with Gasteiger partial charge in [-0.1, -0.05) is 0 Å². The van der Waals surface area contributed by atoms with Gasteiger partial charge in [0.1, 0.15) is 0 Å². The Balaban J connectivity index is 3.24. The minimum absolute atomic E-state index is 0.354. The van der Waals surface area contributed by atoms with Crippen LogP contribution in [-0.4, -0.2) is 38.5 Å². The number of rotatable bonds is 6. The van der Waals surface area contributed by atoms with Gasteiger partial charge in [-0.05, 0) is 20.3 Å². The van der Waals surface area contributed by atoms with E-state index >= 15 is 0 Å². The van der Waals surface area contributed by atoms with Gasteiger partial charge < -0.3 is 20.1 Å². The van der Waals surface area contributed by atoms with E-state index in [1.807, 2.05) is 0 Å². The van der Waals surface area contributed by atoms with Crippen molar-refractivity contribution in [1.82, 2.24) is 10.6 Å². The first-order valence-corrected chi connectivity index (χ1v) is 5.02. The molecular weight excluding hydrogens is 200 g/mol. The molecule has 6 nitrogen and oxygen atoms in total. The fourth-order valence-electron chi connectivity index (χ4n) is 0.834. The van der Waals surface area contributed by atoms with Crippen LogP contribution in [0.1, 0.15) is 20.3 Å². The second-order valence-electron chi connectivity index (χ2n) is 2.65. The quantitative estimate of drug-likeness (QED) is 0.648. The molecule has 0 aromatic carbocycles. The first kappa shape index (κ1) is 13.5. The summed E-state index contributed by atoms with van der Waals surface area (Å²) in [6, 6.07) is 0. The van der Waals surface area contributed by atoms with Crippen molar-refractivity contribution in [2.45, 2.75) is 20.3 Å². The number of hydrogen-bond donors (Lipinski definition) is 2. The second kappa shape index (κ2) is 9.11. The molecule has 0 heterocycles. The predicted octanol–water partition coefficient (Wildman–Crippen LogP) is 0.869. The molecular formula is C9H18N2O4. The molecule has 2 amide bonds. The van der Waals surface area contributed by atoms with E-state index in [4.69, 9.17) is 0 Å². The summed E-state index contributed by atoms with van der Waals surface area (Å²) < 4.78 is 9.29. The van der Waals surface area contributed by atoms with E-state index < -0.39 is 12.2 Å². The van der Waals surface area contributed by atoms with Crippen LogP contribution in [0, 0.1) is 0 Å². The second-order valence-corrected chi connectivity index (χ2v) is 2.65. The van der Waals surface area contributed by atoms with E-state index in [9.17, 15) is 9.59 Å². The molecule has 0 bridgehead atoms. The molecule has 0 aliphatic heterocycles. The zero-order valence-electron chi connectivity index (χ0n) is 9.17. The lowest BCUT2D eigenvalue weighted by Gasteiger charge is -2.06. The third-order valence-corrected chi connectivity index (χ3v) is 1.44. The summed E-state index contributed by atoms with van der Waals surface area (Å²) in [7, 11) is 0. The van der Waals surface area contributed by atoms with Gasteiger partial charge in [0.15, 0.2) is 0 Å². The Hall–Kier alpha value is -1.46. The average Bonchev–Trinajstić information content (AvgIpc) is 2.18. The van der Waals surface area contributed by atoms with Crippen LogP contribution < -0.4 is 10.6 Å². The Labute approximate surface area is 89.3 Å². The number of nitrogens with one attached hydrogen (secondary N) is 2. The Morgan fingerprint density at radius 2 is 1.33 bits per heavy atom. The minimum atomic E-state index is -0.436. The van der Waals surface area contributed by atoms with Crippen LogP contribution in [0.5, 0.6) is 0 Å². The molecule has 0 spiro atoms. The van der Waals surface area contributed by atoms with Crippen molar-refractivity contribution in [1.29, 1.82) is 0 Å². The number of carbonyl (C=O) groups excluding carboxylic acids is 2. The summed E-state index contributed by atoms with van der Waals surface area (Å²) in [5, 5.41) is 5.07. The molecule has 88 valence electrons. The SMILES string of the molecule is CCOC(=O)NCCCNC(=O)OCC. The van der Waals surface area contributed by atoms with E-state index in [0.717, 1.165) is 0 Å². The molecule has 0 aromatic heterocycles. The molecule has 0 aliphatic carbocycles. The molecule has 0 fully saturated rings. The lowest BCUT2D eigenvalue weighted by molar-refractivity contribution is 0.150. The van der Waals surface area contributed by atoms with Crippen molar-refractivity contribution < 1.29 is 19.1 Å². The van der Waals surface area contributed by atoms with Crippen molar-refractivity contribution in [3.8, 4) is 0 Å². The summed E-state index contributed by atoms with van der Waals surface area (Å²) in [4.78, 5) is 21.6. The number of ether oxygens (including phenoxy) is 2. The summed E-state index contributed by atoms with van der Waals surface area (Å²) in [6.45, 7) is 5.11. The normalized spacial score (nSPS) is 9.20. The topological polar surface area (TPSA) is 76.7 Å². The fraction of sp³-hybridized carbons (Fsp3) is 0.778. The molecule has 0 rings (SSSR count). The maximum atomic E-state index is 10.8. The van der Waals surface area contributed by atoms with Crippen LogP contribution in [0.2, 0.25) is 0 Å². The van der Waals surface area contributed by atoms with Crippen molar-refractivity contribution >= 4 is 12.2 Å². The Morgan fingerprint density at radius 3 is 1.67 bits per heavy atom. The van der Waals surface area contributed by atoms with Gasteiger partial charge in [-0.2, -0.15) is 0 Å². The van der Waals surface area contributed by atoms with Gasteiger partial charge >= 0.3 is 12.2 Å². The molecule has 0 saturated carbocycles. The molecule has 2 N–H and O–H groups in total. The molecule has 0 aromatic rings. The van der Waals surface area contributed by atoms with E-state index in [2.05, 4.69) is 20.1 Å². The van der Waals surface area contributed by atoms with E-state index in [-0.39, 0.29) is 0 Å². The average molecular weight is 218 g/mol. The van der Waals surface area contributed by atoms with Crippen molar-refractivity contribution in [2.75, 3.05) is 26.3 Å². The third-order valence-electron chi connectivity index (χ3n) is 1.44. The number of amides is 2. The highest BCUT2D eigenvalue weighted by atomic mass is 16.6. The van der Waals surface area contributed by atoms with Crippen LogP contribution in [0.3, 0.4) is 0 Å². The van der Waals surface area contributed by atoms with E-state index in [1.165, 1.54) is 0 Å². The maximum Gasteiger partial charge on any atom is 0.407 e. The predicted molar refractivity (Wildman–Crippen MR) is 54.7 cm³/mol. The van der Waals surface area contributed by atoms with Crippen LogP contribution in [-0.2, 0) is 9.47 Å². The van der Waals surface area contributed by atoms with Crippen LogP contribution in [0.4, 0.5) is 9.59 Å². The van der Waals surface area contributed by atoms with Crippen LogP contribution in [0.15, 0.2) is 0 Å². The Bertz CT molecular complexity index is 177. The van der Waals surface area contributed by atoms with Crippen molar-refractivity contribution in [3.63, 3.8) is 0 Å². The van der Waals surface area contributed by atoms with Crippen LogP contribution >= 0.6 is 0 Å². The summed E-state index contributed by atoms with van der Waals surface area (Å²) in [5.74, 6) is 0. The van der Waals surface area contributed by atoms with Gasteiger partial charge in [0.05, 0.1) is 13.2 Å². The lowest BCUT2D eigenvalue weighted by atomic mass is 10.4. The van der Waals surface area contributed by atoms with Crippen LogP contribution in [0.25, 0.3) is 0 Å². The highest BCUT2D eigenvalue weighted by molar-refractivity contribution is 5.67. The minimum Gasteiger partial charge on any atom is -0.450 e. The van der Waals surface area contributed by atoms with Gasteiger partial charge in [-0.3, -0.25) is 0 Å². The maximum absolute atomic E-state index is 10.8. The first-order valence-electron chi connectivity index (χ1n) is 5.02.